The van der Waals surface area contributed by atoms with E-state index >= 15 is 0 Å². The third-order valence-electron chi connectivity index (χ3n) is 8.52. The van der Waals surface area contributed by atoms with Crippen LogP contribution in [0.2, 0.25) is 0 Å². The summed E-state index contributed by atoms with van der Waals surface area (Å²) in [6, 6.07) is 0. The minimum atomic E-state index is -2.14. The molecular weight excluding hydrogens is 488 g/mol. The molecule has 6 N–H and O–H groups in total. The molecule has 212 valence electrons. The minimum Gasteiger partial charge on any atom is -0.416 e. The maximum Gasteiger partial charge on any atom is 0.409 e. The van der Waals surface area contributed by atoms with Crippen LogP contribution in [-0.4, -0.2) is 82.2 Å². The van der Waals surface area contributed by atoms with E-state index in [1.54, 1.807) is 19.9 Å². The first-order valence-corrected chi connectivity index (χ1v) is 12.5. The molecular formula is C26H49ClN2O7. The number of amides is 1. The lowest BCUT2D eigenvalue weighted by atomic mass is 9.41. The van der Waals surface area contributed by atoms with Crippen molar-refractivity contribution in [2.45, 2.75) is 84.2 Å². The summed E-state index contributed by atoms with van der Waals surface area (Å²) in [7, 11) is 3.87. The van der Waals surface area contributed by atoms with Crippen molar-refractivity contribution in [3.05, 3.63) is 12.7 Å². The average Bonchev–Trinajstić information content (AvgIpc) is 2.72. The fraction of sp³-hybridized carbons (Fsp3) is 0.846. The van der Waals surface area contributed by atoms with Crippen molar-refractivity contribution >= 4 is 24.3 Å². The molecule has 2 saturated carbocycles. The number of halogens is 1. The SMILES string of the molecule is C=C[C@@H](C)CC(=O)[C@]1(O)[C@@H](C)C[C@H](O)[C@H]2C(C)(C)CC[C@](O)(OC(=O)NCCCN(C)C)[C@@]21C.Cl.O. The van der Waals surface area contributed by atoms with Crippen LogP contribution >= 0.6 is 12.4 Å². The molecule has 0 aromatic carbocycles. The summed E-state index contributed by atoms with van der Waals surface area (Å²) in [6.07, 6.45) is 1.42. The molecule has 0 aromatic rings. The lowest BCUT2D eigenvalue weighted by molar-refractivity contribution is -0.361. The number of ketones is 1. The summed E-state index contributed by atoms with van der Waals surface area (Å²) in [4.78, 5) is 28.4. The largest absolute Gasteiger partial charge is 0.416 e. The fourth-order valence-electron chi connectivity index (χ4n) is 6.58. The number of nitrogens with zero attached hydrogens (tertiary/aromatic N) is 1. The quantitative estimate of drug-likeness (QED) is 0.200. The molecule has 0 saturated heterocycles. The molecule has 1 amide bonds. The first kappa shape index (κ1) is 34.8. The number of carbonyl (C=O) groups is 2. The molecule has 2 rings (SSSR count). The van der Waals surface area contributed by atoms with Crippen molar-refractivity contribution in [3.63, 3.8) is 0 Å². The van der Waals surface area contributed by atoms with Gasteiger partial charge < -0.3 is 35.7 Å². The number of aliphatic hydroxyl groups excluding tert-OH is 1. The second kappa shape index (κ2) is 12.5. The fourth-order valence-corrected chi connectivity index (χ4v) is 6.58. The molecule has 2 aliphatic rings. The number of carbonyl (C=O) groups excluding carboxylic acids is 2. The van der Waals surface area contributed by atoms with Gasteiger partial charge in [0, 0.05) is 25.3 Å². The topological polar surface area (TPSA) is 151 Å². The highest BCUT2D eigenvalue weighted by Crippen LogP contribution is 2.66. The first-order chi connectivity index (χ1) is 15.6. The Balaban J connectivity index is 0.00000612. The van der Waals surface area contributed by atoms with Crippen LogP contribution in [0.4, 0.5) is 4.79 Å². The van der Waals surface area contributed by atoms with Gasteiger partial charge >= 0.3 is 6.09 Å². The smallest absolute Gasteiger partial charge is 0.409 e. The molecule has 36 heavy (non-hydrogen) atoms. The van der Waals surface area contributed by atoms with Crippen molar-refractivity contribution in [2.75, 3.05) is 27.2 Å². The van der Waals surface area contributed by atoms with Crippen LogP contribution in [0.1, 0.15) is 66.7 Å². The van der Waals surface area contributed by atoms with E-state index in [9.17, 15) is 24.9 Å². The third-order valence-corrected chi connectivity index (χ3v) is 8.52. The molecule has 0 heterocycles. The Morgan fingerprint density at radius 3 is 2.33 bits per heavy atom. The zero-order valence-electron chi connectivity index (χ0n) is 23.0. The van der Waals surface area contributed by atoms with Gasteiger partial charge in [-0.3, -0.25) is 4.79 Å². The van der Waals surface area contributed by atoms with E-state index in [2.05, 4.69) is 11.9 Å². The van der Waals surface area contributed by atoms with Crippen LogP contribution in [0.25, 0.3) is 0 Å². The maximum absolute atomic E-state index is 13.7. The van der Waals surface area contributed by atoms with Crippen molar-refractivity contribution in [3.8, 4) is 0 Å². The van der Waals surface area contributed by atoms with Gasteiger partial charge in [0.15, 0.2) is 5.78 Å². The van der Waals surface area contributed by atoms with Crippen LogP contribution < -0.4 is 5.32 Å². The van der Waals surface area contributed by atoms with E-state index in [1.165, 1.54) is 0 Å². The highest BCUT2D eigenvalue weighted by Gasteiger charge is 2.76. The van der Waals surface area contributed by atoms with Gasteiger partial charge in [-0.25, -0.2) is 4.79 Å². The zero-order valence-corrected chi connectivity index (χ0v) is 23.8. The number of fused-ring (bicyclic) bond motifs is 1. The number of allylic oxidation sites excluding steroid dienone is 1. The van der Waals surface area contributed by atoms with Gasteiger partial charge in [-0.05, 0) is 64.1 Å². The summed E-state index contributed by atoms with van der Waals surface area (Å²) < 4.78 is 5.67. The Morgan fingerprint density at radius 1 is 1.22 bits per heavy atom. The highest BCUT2D eigenvalue weighted by atomic mass is 35.5. The van der Waals surface area contributed by atoms with E-state index in [0.29, 0.717) is 19.4 Å². The van der Waals surface area contributed by atoms with E-state index in [4.69, 9.17) is 4.74 Å². The number of hydrogen-bond acceptors (Lipinski definition) is 7. The Bertz CT molecular complexity index is 779. The highest BCUT2D eigenvalue weighted by molar-refractivity contribution is 5.89. The first-order valence-electron chi connectivity index (χ1n) is 12.5. The summed E-state index contributed by atoms with van der Waals surface area (Å²) >= 11 is 0. The Hall–Kier alpha value is -1.23. The van der Waals surface area contributed by atoms with Crippen LogP contribution in [0.5, 0.6) is 0 Å². The predicted octanol–water partition coefficient (Wildman–Crippen LogP) is 2.31. The van der Waals surface area contributed by atoms with E-state index < -0.39 is 52.0 Å². The van der Waals surface area contributed by atoms with Gasteiger partial charge in [0.1, 0.15) is 5.60 Å². The molecule has 0 unspecified atom stereocenters. The normalized spacial score (nSPS) is 35.9. The lowest BCUT2D eigenvalue weighted by Gasteiger charge is -2.67. The van der Waals surface area contributed by atoms with Crippen LogP contribution in [-0.2, 0) is 9.53 Å². The molecule has 2 aliphatic carbocycles. The van der Waals surface area contributed by atoms with Gasteiger partial charge in [0.25, 0.3) is 0 Å². The Labute approximate surface area is 222 Å². The zero-order chi connectivity index (χ0) is 26.1. The Kier molecular flexibility index (Phi) is 12.1. The van der Waals surface area contributed by atoms with Crippen molar-refractivity contribution in [1.29, 1.82) is 0 Å². The minimum absolute atomic E-state index is 0. The third kappa shape index (κ3) is 6.08. The molecule has 9 nitrogen and oxygen atoms in total. The number of nitrogens with one attached hydrogen (secondary N) is 1. The number of ether oxygens (including phenoxy) is 1. The summed E-state index contributed by atoms with van der Waals surface area (Å²) in [5.41, 5.74) is -4.14. The monoisotopic (exact) mass is 536 g/mol. The van der Waals surface area contributed by atoms with Crippen LogP contribution in [0.15, 0.2) is 12.7 Å². The van der Waals surface area contributed by atoms with Gasteiger partial charge in [0.2, 0.25) is 5.79 Å². The number of hydrogen-bond donors (Lipinski definition) is 4. The molecule has 0 aromatic heterocycles. The van der Waals surface area contributed by atoms with Crippen LogP contribution in [0, 0.1) is 28.6 Å². The van der Waals surface area contributed by atoms with Gasteiger partial charge in [0.05, 0.1) is 11.5 Å². The lowest BCUT2D eigenvalue weighted by Crippen LogP contribution is -2.78. The predicted molar refractivity (Wildman–Crippen MR) is 142 cm³/mol. The standard InChI is InChI=1S/C26H46N2O6.ClH.H2O/c1-9-17(2)15-20(30)26(33)18(3)16-19(29)21-23(4,5)11-12-25(32,24(21,26)6)34-22(31)27-13-10-14-28(7)8;;/h9,17-19,21,29,32-33H,1,10-16H2,2-8H3,(H,27,31);1H;1H2/t17-,18+,19+,21+,24-,25+,26-;;/m1../s1. The summed E-state index contributed by atoms with van der Waals surface area (Å²) in [6.45, 7) is 14.0. The van der Waals surface area contributed by atoms with Gasteiger partial charge in [-0.2, -0.15) is 0 Å². The van der Waals surface area contributed by atoms with E-state index in [1.807, 2.05) is 39.8 Å². The molecule has 7 atom stereocenters. The number of rotatable bonds is 9. The summed E-state index contributed by atoms with van der Waals surface area (Å²) in [5.74, 6) is -4.08. The van der Waals surface area contributed by atoms with Gasteiger partial charge in [-0.1, -0.05) is 33.8 Å². The van der Waals surface area contributed by atoms with E-state index in [-0.39, 0.29) is 43.1 Å². The van der Waals surface area contributed by atoms with Crippen molar-refractivity contribution in [2.24, 2.45) is 28.6 Å². The second-order valence-electron chi connectivity index (χ2n) is 11.7. The molecule has 0 spiro atoms. The number of aliphatic hydroxyl groups is 3. The maximum atomic E-state index is 13.7. The molecule has 0 radical (unpaired) electrons. The average molecular weight is 537 g/mol. The molecule has 10 heteroatoms. The second-order valence-corrected chi connectivity index (χ2v) is 11.7. The summed E-state index contributed by atoms with van der Waals surface area (Å²) in [5, 5.41) is 38.0. The molecule has 0 bridgehead atoms. The number of alkyl carbamates (subject to hydrolysis) is 1. The van der Waals surface area contributed by atoms with E-state index in [0.717, 1.165) is 6.54 Å². The molecule has 0 aliphatic heterocycles. The number of Topliss-reactive ketones (excluding diaryl/α,β-unsaturated/α-hetero) is 1. The van der Waals surface area contributed by atoms with Crippen molar-refractivity contribution in [1.82, 2.24) is 10.2 Å². The van der Waals surface area contributed by atoms with Gasteiger partial charge in [-0.15, -0.1) is 19.0 Å². The Morgan fingerprint density at radius 2 is 1.81 bits per heavy atom. The van der Waals surface area contributed by atoms with Crippen molar-refractivity contribution < 1.29 is 35.1 Å². The van der Waals surface area contributed by atoms with Crippen LogP contribution in [0.3, 0.4) is 0 Å². The molecule has 2 fully saturated rings.